The van der Waals surface area contributed by atoms with E-state index >= 15 is 0 Å². The smallest absolute Gasteiger partial charge is 0.438 e. The van der Waals surface area contributed by atoms with Gasteiger partial charge in [-0.1, -0.05) is 18.0 Å². The number of aryl methyl sites for hydroxylation is 1. The number of carbonyl (C=O) groups is 2. The molecular weight excluding hydrogens is 566 g/mol. The van der Waals surface area contributed by atoms with Crippen molar-refractivity contribution in [3.63, 3.8) is 0 Å². The summed E-state index contributed by atoms with van der Waals surface area (Å²) in [4.78, 5) is 49.5. The van der Waals surface area contributed by atoms with Crippen LogP contribution in [0.25, 0.3) is 10.9 Å². The van der Waals surface area contributed by atoms with E-state index in [4.69, 9.17) is 4.74 Å². The molecule has 4 heterocycles. The van der Waals surface area contributed by atoms with Crippen LogP contribution in [0.4, 0.5) is 22.1 Å². The fourth-order valence-corrected chi connectivity index (χ4v) is 4.45. The first-order valence-electron chi connectivity index (χ1n) is 14.2. The van der Waals surface area contributed by atoms with Gasteiger partial charge in [-0.2, -0.15) is 0 Å². The Labute approximate surface area is 253 Å². The molecule has 2 atom stereocenters. The van der Waals surface area contributed by atoms with Crippen molar-refractivity contribution in [3.05, 3.63) is 58.2 Å². The van der Waals surface area contributed by atoms with Crippen LogP contribution in [-0.4, -0.2) is 61.5 Å². The summed E-state index contributed by atoms with van der Waals surface area (Å²) in [6.45, 7) is 7.69. The van der Waals surface area contributed by atoms with Crippen molar-refractivity contribution < 1.29 is 18.8 Å². The van der Waals surface area contributed by atoms with E-state index in [0.29, 0.717) is 64.1 Å². The zero-order valence-electron chi connectivity index (χ0n) is 25.1. The number of pyridine rings is 2. The number of aromatic amines is 1. The zero-order valence-corrected chi connectivity index (χ0v) is 25.1. The van der Waals surface area contributed by atoms with Crippen molar-refractivity contribution in [2.75, 3.05) is 29.1 Å². The summed E-state index contributed by atoms with van der Waals surface area (Å²) in [5, 5.41) is 18.6. The van der Waals surface area contributed by atoms with Gasteiger partial charge in [0.15, 0.2) is 17.5 Å². The number of carbonyl (C=O) groups excluding carboxylic acids is 2. The Bertz CT molecular complexity index is 1800. The number of hydrogen-bond acceptors (Lipinski definition) is 11. The number of nitrogens with zero attached hydrogens (tertiary/aromatic N) is 6. The topological polar surface area (TPSA) is 181 Å². The second kappa shape index (κ2) is 12.5. The Morgan fingerprint density at radius 1 is 1.18 bits per heavy atom. The van der Waals surface area contributed by atoms with Gasteiger partial charge in [-0.15, -0.1) is 10.2 Å². The van der Waals surface area contributed by atoms with Crippen LogP contribution in [0.15, 0.2) is 39.9 Å². The van der Waals surface area contributed by atoms with E-state index in [1.807, 2.05) is 6.92 Å². The third kappa shape index (κ3) is 7.35. The van der Waals surface area contributed by atoms with Crippen LogP contribution in [0.1, 0.15) is 57.6 Å². The molecule has 3 N–H and O–H groups in total. The first kappa shape index (κ1) is 30.1. The molecule has 0 saturated heterocycles. The summed E-state index contributed by atoms with van der Waals surface area (Å²) in [5.74, 6) is 7.08. The van der Waals surface area contributed by atoms with Crippen LogP contribution in [0.3, 0.4) is 0 Å². The van der Waals surface area contributed by atoms with Gasteiger partial charge in [-0.05, 0) is 63.7 Å². The molecule has 0 aliphatic heterocycles. The van der Waals surface area contributed by atoms with Gasteiger partial charge in [-0.25, -0.2) is 19.6 Å². The van der Waals surface area contributed by atoms with E-state index in [9.17, 15) is 14.4 Å². The number of amides is 2. The lowest BCUT2D eigenvalue weighted by Crippen LogP contribution is -2.37. The fourth-order valence-electron chi connectivity index (χ4n) is 4.45. The predicted octanol–water partition coefficient (Wildman–Crippen LogP) is 3.51. The van der Waals surface area contributed by atoms with Crippen LogP contribution in [0.2, 0.25) is 0 Å². The fraction of sp³-hybridized carbons (Fsp3) is 0.400. The highest BCUT2D eigenvalue weighted by Crippen LogP contribution is 2.38. The molecule has 1 fully saturated rings. The van der Waals surface area contributed by atoms with Crippen molar-refractivity contribution in [3.8, 4) is 11.8 Å². The molecule has 2 amide bonds. The highest BCUT2D eigenvalue weighted by atomic mass is 16.6. The molecule has 0 bridgehead atoms. The Hall–Kier alpha value is -5.32. The molecule has 0 unspecified atom stereocenters. The van der Waals surface area contributed by atoms with E-state index in [1.54, 1.807) is 58.4 Å². The number of hydrogen-bond donors (Lipinski definition) is 3. The van der Waals surface area contributed by atoms with Crippen LogP contribution >= 0.6 is 0 Å². The van der Waals surface area contributed by atoms with Gasteiger partial charge in [0.2, 0.25) is 5.91 Å². The van der Waals surface area contributed by atoms with Crippen molar-refractivity contribution >= 4 is 40.2 Å². The number of ether oxygens (including phenoxy) is 1. The highest BCUT2D eigenvalue weighted by Gasteiger charge is 2.39. The molecule has 4 aromatic heterocycles. The van der Waals surface area contributed by atoms with Crippen molar-refractivity contribution in [1.29, 1.82) is 0 Å². The van der Waals surface area contributed by atoms with Crippen LogP contribution in [0.5, 0.6) is 0 Å². The summed E-state index contributed by atoms with van der Waals surface area (Å²) >= 11 is 0. The number of H-pyrrole nitrogens is 1. The van der Waals surface area contributed by atoms with Crippen molar-refractivity contribution in [2.45, 2.75) is 52.6 Å². The lowest BCUT2D eigenvalue weighted by molar-refractivity contribution is -0.117. The van der Waals surface area contributed by atoms with Gasteiger partial charge in [-0.3, -0.25) is 19.2 Å². The quantitative estimate of drug-likeness (QED) is 0.252. The Morgan fingerprint density at radius 3 is 2.61 bits per heavy atom. The van der Waals surface area contributed by atoms with Gasteiger partial charge in [0.25, 0.3) is 0 Å². The molecule has 228 valence electrons. The van der Waals surface area contributed by atoms with Crippen molar-refractivity contribution in [2.24, 2.45) is 11.8 Å². The standard InChI is InChI=1S/C30H33N9O5/c1-17-13-21(17)27(40)34-24-14-22-18(15-33-26(31-5)25(22)37-36-24)8-9-19-10-11-20(16-32-19)39(29(42)43-30(2,3)4)12-6-7-23-35-28(41)44-38-23/h10-11,14-17,21H,6-7,12-13H2,1-5H3,(H,31,33)(H,34,36,40)(H,35,38,41)/t17-,21+/m1/s1. The summed E-state index contributed by atoms with van der Waals surface area (Å²) in [6, 6.07) is 5.18. The zero-order chi connectivity index (χ0) is 31.4. The third-order valence-corrected chi connectivity index (χ3v) is 6.84. The number of nitrogens with one attached hydrogen (secondary N) is 3. The largest absolute Gasteiger partial charge is 0.443 e. The van der Waals surface area contributed by atoms with Crippen LogP contribution in [0, 0.1) is 23.7 Å². The Morgan fingerprint density at radius 2 is 1.98 bits per heavy atom. The van der Waals surface area contributed by atoms with E-state index < -0.39 is 17.5 Å². The van der Waals surface area contributed by atoms with Gasteiger partial charge in [0, 0.05) is 37.5 Å². The van der Waals surface area contributed by atoms with E-state index in [2.05, 4.69) is 57.3 Å². The molecule has 1 saturated carbocycles. The molecule has 5 rings (SSSR count). The van der Waals surface area contributed by atoms with E-state index in [1.165, 1.54) is 4.90 Å². The molecule has 0 spiro atoms. The molecule has 1 aliphatic rings. The van der Waals surface area contributed by atoms with Gasteiger partial charge < -0.3 is 15.4 Å². The molecule has 4 aromatic rings. The summed E-state index contributed by atoms with van der Waals surface area (Å²) in [7, 11) is 1.74. The Kier molecular flexibility index (Phi) is 8.57. The number of aromatic nitrogens is 6. The first-order chi connectivity index (χ1) is 21.0. The summed E-state index contributed by atoms with van der Waals surface area (Å²) in [6.07, 6.45) is 4.38. The maximum atomic E-state index is 13.0. The molecule has 44 heavy (non-hydrogen) atoms. The van der Waals surface area contributed by atoms with Gasteiger partial charge in [0.1, 0.15) is 16.8 Å². The molecule has 14 heteroatoms. The molecule has 0 radical (unpaired) electrons. The number of rotatable bonds is 8. The molecule has 0 aromatic carbocycles. The summed E-state index contributed by atoms with van der Waals surface area (Å²) < 4.78 is 10.1. The average molecular weight is 600 g/mol. The van der Waals surface area contributed by atoms with Crippen LogP contribution in [-0.2, 0) is 16.0 Å². The lowest BCUT2D eigenvalue weighted by atomic mass is 10.1. The monoisotopic (exact) mass is 599 g/mol. The SMILES string of the molecule is CNc1ncc(C#Cc2ccc(N(CCCc3noc(=O)[nH]3)C(=O)OC(C)(C)C)cn2)c2cc(NC(=O)[C@H]3C[C@H]3C)nnc12. The summed E-state index contributed by atoms with van der Waals surface area (Å²) in [5.41, 5.74) is 1.38. The second-order valence-corrected chi connectivity index (χ2v) is 11.5. The van der Waals surface area contributed by atoms with E-state index in [0.717, 1.165) is 6.42 Å². The van der Waals surface area contributed by atoms with Gasteiger partial charge >= 0.3 is 11.8 Å². The minimum atomic E-state index is -0.700. The maximum Gasteiger partial charge on any atom is 0.438 e. The number of anilines is 3. The van der Waals surface area contributed by atoms with Crippen molar-refractivity contribution in [1.82, 2.24) is 30.3 Å². The van der Waals surface area contributed by atoms with E-state index in [-0.39, 0.29) is 18.4 Å². The first-order valence-corrected chi connectivity index (χ1v) is 14.2. The third-order valence-electron chi connectivity index (χ3n) is 6.84. The number of fused-ring (bicyclic) bond motifs is 1. The average Bonchev–Trinajstić information content (AvgIpc) is 3.58. The maximum absolute atomic E-state index is 13.0. The molecule has 14 nitrogen and oxygen atoms in total. The molecular formula is C30H33N9O5. The molecule has 1 aliphatic carbocycles. The predicted molar refractivity (Wildman–Crippen MR) is 162 cm³/mol. The minimum absolute atomic E-state index is 0.00339. The lowest BCUT2D eigenvalue weighted by Gasteiger charge is -2.27. The van der Waals surface area contributed by atoms with Gasteiger partial charge in [0.05, 0.1) is 17.4 Å². The second-order valence-electron chi connectivity index (χ2n) is 11.5. The highest BCUT2D eigenvalue weighted by molar-refractivity contribution is 5.97. The minimum Gasteiger partial charge on any atom is -0.443 e. The normalized spacial score (nSPS) is 15.7. The van der Waals surface area contributed by atoms with Crippen LogP contribution < -0.4 is 21.3 Å². The Balaban J connectivity index is 1.36.